The van der Waals surface area contributed by atoms with E-state index < -0.39 is 0 Å². The third-order valence-electron chi connectivity index (χ3n) is 6.04. The molecule has 0 aliphatic heterocycles. The second-order valence-electron chi connectivity index (χ2n) is 8.82. The van der Waals surface area contributed by atoms with Crippen molar-refractivity contribution in [1.82, 2.24) is 20.5 Å². The van der Waals surface area contributed by atoms with Crippen LogP contribution in [-0.4, -0.2) is 81.5 Å². The van der Waals surface area contributed by atoms with Crippen LogP contribution in [0.2, 0.25) is 0 Å². The lowest BCUT2D eigenvalue weighted by Crippen LogP contribution is -2.30. The van der Waals surface area contributed by atoms with E-state index in [9.17, 15) is 14.4 Å². The first kappa shape index (κ1) is 27.2. The van der Waals surface area contributed by atoms with Gasteiger partial charge in [-0.15, -0.1) is 0 Å². The van der Waals surface area contributed by atoms with Crippen LogP contribution in [0.1, 0.15) is 27.0 Å². The number of likely N-dealkylation sites (N-methyl/N-ethyl adjacent to an activating group) is 2. The number of hydrogen-bond donors (Lipinski definition) is 3. The molecule has 1 heterocycles. The highest BCUT2D eigenvalue weighted by molar-refractivity contribution is 5.96. The second kappa shape index (κ2) is 14.2. The van der Waals surface area contributed by atoms with E-state index in [1.165, 1.54) is 0 Å². The number of rotatable bonds is 14. The van der Waals surface area contributed by atoms with Gasteiger partial charge in [-0.1, -0.05) is 18.2 Å². The number of aromatic nitrogens is 1. The van der Waals surface area contributed by atoms with Crippen LogP contribution < -0.4 is 16.0 Å². The van der Waals surface area contributed by atoms with E-state index in [2.05, 4.69) is 32.9 Å². The van der Waals surface area contributed by atoms with Crippen molar-refractivity contribution in [3.63, 3.8) is 0 Å². The van der Waals surface area contributed by atoms with Gasteiger partial charge >= 0.3 is 0 Å². The van der Waals surface area contributed by atoms with Crippen molar-refractivity contribution in [3.8, 4) is 0 Å². The zero-order chi connectivity index (χ0) is 25.8. The predicted molar refractivity (Wildman–Crippen MR) is 140 cm³/mol. The Morgan fingerprint density at radius 2 is 2.00 bits per heavy atom. The molecule has 0 saturated heterocycles. The Morgan fingerprint density at radius 3 is 2.75 bits per heavy atom. The van der Waals surface area contributed by atoms with E-state index in [-0.39, 0.29) is 24.3 Å². The van der Waals surface area contributed by atoms with Crippen molar-refractivity contribution in [2.24, 2.45) is 5.92 Å². The summed E-state index contributed by atoms with van der Waals surface area (Å²) in [5.41, 5.74) is 3.46. The molecule has 0 saturated carbocycles. The minimum atomic E-state index is -0.296. The first-order chi connectivity index (χ1) is 17.5. The number of hydrogen-bond acceptors (Lipinski definition) is 7. The van der Waals surface area contributed by atoms with Crippen LogP contribution in [0.15, 0.2) is 42.6 Å². The Kier molecular flexibility index (Phi) is 10.7. The minimum Gasteiger partial charge on any atom is -0.376 e. The number of nitrogens with zero attached hydrogens (tertiary/aromatic N) is 2. The highest BCUT2D eigenvalue weighted by Gasteiger charge is 2.28. The quantitative estimate of drug-likeness (QED) is 0.270. The molecule has 192 valence electrons. The lowest BCUT2D eigenvalue weighted by atomic mass is 10.1. The highest BCUT2D eigenvalue weighted by Crippen LogP contribution is 2.28. The molecule has 1 atom stereocenters. The summed E-state index contributed by atoms with van der Waals surface area (Å²) in [5.74, 6) is -0.107. The van der Waals surface area contributed by atoms with Gasteiger partial charge in [0.15, 0.2) is 0 Å². The zero-order valence-corrected chi connectivity index (χ0v) is 21.0. The van der Waals surface area contributed by atoms with Crippen LogP contribution in [0.25, 0.3) is 6.08 Å². The van der Waals surface area contributed by atoms with Gasteiger partial charge in [-0.3, -0.25) is 9.59 Å². The SMILES string of the molecule is CNCCN(C)CCOC/C=C/c1ccc(NC(=O)C2Cc3ccc(C(=O)NCC=O)cc3C2)nc1. The van der Waals surface area contributed by atoms with E-state index in [0.717, 1.165) is 36.3 Å². The predicted octanol–water partition coefficient (Wildman–Crippen LogP) is 1.54. The molecule has 1 aliphatic rings. The third kappa shape index (κ3) is 8.37. The number of amides is 2. The number of carbonyl (C=O) groups is 3. The fourth-order valence-electron chi connectivity index (χ4n) is 3.96. The molecule has 2 amide bonds. The fourth-order valence-corrected chi connectivity index (χ4v) is 3.96. The summed E-state index contributed by atoms with van der Waals surface area (Å²) in [6.45, 7) is 4.01. The molecule has 1 aromatic carbocycles. The molecule has 3 rings (SSSR count). The van der Waals surface area contributed by atoms with Gasteiger partial charge in [0.1, 0.15) is 12.1 Å². The summed E-state index contributed by atoms with van der Waals surface area (Å²) in [5, 5.41) is 8.55. The Balaban J connectivity index is 1.42. The van der Waals surface area contributed by atoms with Crippen LogP contribution in [0, 0.1) is 5.92 Å². The summed E-state index contributed by atoms with van der Waals surface area (Å²) < 4.78 is 5.64. The third-order valence-corrected chi connectivity index (χ3v) is 6.04. The van der Waals surface area contributed by atoms with Crippen LogP contribution in [0.4, 0.5) is 5.82 Å². The highest BCUT2D eigenvalue weighted by atomic mass is 16.5. The van der Waals surface area contributed by atoms with Crippen molar-refractivity contribution in [3.05, 3.63) is 64.9 Å². The molecule has 0 bridgehead atoms. The van der Waals surface area contributed by atoms with E-state index in [0.29, 0.717) is 43.7 Å². The van der Waals surface area contributed by atoms with Crippen molar-refractivity contribution in [2.75, 3.05) is 58.8 Å². The van der Waals surface area contributed by atoms with Gasteiger partial charge in [0, 0.05) is 37.3 Å². The van der Waals surface area contributed by atoms with Crippen LogP contribution in [0.5, 0.6) is 0 Å². The number of anilines is 1. The van der Waals surface area contributed by atoms with Gasteiger partial charge < -0.3 is 30.4 Å². The van der Waals surface area contributed by atoms with Crippen LogP contribution >= 0.6 is 0 Å². The number of nitrogens with one attached hydrogen (secondary N) is 3. The number of pyridine rings is 1. The van der Waals surface area contributed by atoms with Gasteiger partial charge in [0.2, 0.25) is 5.91 Å². The molecule has 1 aliphatic carbocycles. The Labute approximate surface area is 212 Å². The lowest BCUT2D eigenvalue weighted by molar-refractivity contribution is -0.119. The van der Waals surface area contributed by atoms with E-state index in [1.54, 1.807) is 24.4 Å². The maximum Gasteiger partial charge on any atom is 0.251 e. The number of aldehydes is 1. The second-order valence-corrected chi connectivity index (χ2v) is 8.82. The number of benzene rings is 1. The first-order valence-corrected chi connectivity index (χ1v) is 12.2. The summed E-state index contributed by atoms with van der Waals surface area (Å²) in [7, 11) is 4.02. The molecule has 0 spiro atoms. The summed E-state index contributed by atoms with van der Waals surface area (Å²) in [4.78, 5) is 41.9. The number of carbonyl (C=O) groups excluding carboxylic acids is 3. The Hall–Kier alpha value is -3.40. The topological polar surface area (TPSA) is 113 Å². The summed E-state index contributed by atoms with van der Waals surface area (Å²) in [6.07, 6.45) is 7.42. The van der Waals surface area contributed by atoms with Gasteiger partial charge in [0.25, 0.3) is 5.91 Å². The molecule has 9 nitrogen and oxygen atoms in total. The van der Waals surface area contributed by atoms with E-state index in [4.69, 9.17) is 4.74 Å². The van der Waals surface area contributed by atoms with Crippen molar-refractivity contribution >= 4 is 30.0 Å². The molecular weight excluding hydrogens is 458 g/mol. The van der Waals surface area contributed by atoms with Gasteiger partial charge in [-0.05, 0) is 67.9 Å². The fraction of sp³-hybridized carbons (Fsp3) is 0.407. The van der Waals surface area contributed by atoms with E-state index >= 15 is 0 Å². The number of ether oxygens (including phenoxy) is 1. The largest absolute Gasteiger partial charge is 0.376 e. The average molecular weight is 494 g/mol. The maximum absolute atomic E-state index is 12.8. The van der Waals surface area contributed by atoms with E-state index in [1.807, 2.05) is 31.3 Å². The van der Waals surface area contributed by atoms with Crippen LogP contribution in [0.3, 0.4) is 0 Å². The molecule has 1 unspecified atom stereocenters. The van der Waals surface area contributed by atoms with Crippen LogP contribution in [-0.2, 0) is 27.2 Å². The molecule has 9 heteroatoms. The zero-order valence-electron chi connectivity index (χ0n) is 21.0. The Bertz CT molecular complexity index is 1050. The standard InChI is InChI=1S/C27H35N5O4/c1-28-9-11-32(2)12-15-36-14-3-4-20-5-8-25(30-19-20)31-27(35)24-16-21-6-7-22(17-23(21)18-24)26(34)29-10-13-33/h3-8,13,17,19,24,28H,9-12,14-16,18H2,1-2H3,(H,29,34)(H,30,31,35)/b4-3+. The average Bonchev–Trinajstić information content (AvgIpc) is 3.32. The smallest absolute Gasteiger partial charge is 0.251 e. The molecule has 2 aromatic rings. The number of fused-ring (bicyclic) bond motifs is 1. The first-order valence-electron chi connectivity index (χ1n) is 12.2. The summed E-state index contributed by atoms with van der Waals surface area (Å²) in [6, 6.07) is 9.09. The molecule has 3 N–H and O–H groups in total. The lowest BCUT2D eigenvalue weighted by Gasteiger charge is -2.15. The van der Waals surface area contributed by atoms with Gasteiger partial charge in [0.05, 0.1) is 19.8 Å². The van der Waals surface area contributed by atoms with Crippen molar-refractivity contribution in [2.45, 2.75) is 12.8 Å². The van der Waals surface area contributed by atoms with Crippen molar-refractivity contribution in [1.29, 1.82) is 0 Å². The van der Waals surface area contributed by atoms with Gasteiger partial charge in [-0.2, -0.15) is 0 Å². The van der Waals surface area contributed by atoms with Crippen molar-refractivity contribution < 1.29 is 19.1 Å². The maximum atomic E-state index is 12.8. The van der Waals surface area contributed by atoms with Gasteiger partial charge in [-0.25, -0.2) is 4.98 Å². The molecular formula is C27H35N5O4. The normalized spacial score (nSPS) is 14.7. The molecule has 36 heavy (non-hydrogen) atoms. The Morgan fingerprint density at radius 1 is 1.17 bits per heavy atom. The molecule has 1 aromatic heterocycles. The summed E-state index contributed by atoms with van der Waals surface area (Å²) >= 11 is 0. The molecule has 0 radical (unpaired) electrons. The monoisotopic (exact) mass is 493 g/mol. The molecule has 0 fully saturated rings. The minimum absolute atomic E-state index is 0.0223.